The molecule has 0 aromatic heterocycles. The molecule has 1 aromatic rings. The van der Waals surface area contributed by atoms with Gasteiger partial charge in [-0.3, -0.25) is 0 Å². The molecule has 1 aliphatic rings. The van der Waals surface area contributed by atoms with Crippen LogP contribution in [0.3, 0.4) is 0 Å². The Hall–Kier alpha value is -0.480. The summed E-state index contributed by atoms with van der Waals surface area (Å²) in [6.45, 7) is 9.65. The Morgan fingerprint density at radius 2 is 1.95 bits per heavy atom. The number of rotatable bonds is 5. The lowest BCUT2D eigenvalue weighted by Crippen LogP contribution is -2.44. The van der Waals surface area contributed by atoms with Crippen LogP contribution in [-0.4, -0.2) is 42.4 Å². The van der Waals surface area contributed by atoms with Gasteiger partial charge in [0, 0.05) is 24.7 Å². The number of benzene rings is 1. The predicted octanol–water partition coefficient (Wildman–Crippen LogP) is 3.79. The number of β-amino-alcohol motifs (C(OH)–C–C–N with tert-alkyl or cyclic N) is 1. The van der Waals surface area contributed by atoms with Gasteiger partial charge in [-0.15, -0.1) is 12.4 Å². The summed E-state index contributed by atoms with van der Waals surface area (Å²) in [5.74, 6) is 2.18. The molecule has 1 fully saturated rings. The van der Waals surface area contributed by atoms with E-state index < -0.39 is 6.10 Å². The Balaban J connectivity index is 0.00000242. The fraction of sp³-hybridized carbons (Fsp3) is 0.647. The first-order chi connectivity index (χ1) is 9.94. The van der Waals surface area contributed by atoms with Crippen molar-refractivity contribution in [3.63, 3.8) is 0 Å². The highest BCUT2D eigenvalue weighted by atomic mass is 35.5. The van der Waals surface area contributed by atoms with E-state index in [1.54, 1.807) is 0 Å². The van der Waals surface area contributed by atoms with Crippen molar-refractivity contribution < 1.29 is 9.84 Å². The normalized spacial score (nSPS) is 23.7. The third-order valence-corrected chi connectivity index (χ3v) is 4.41. The van der Waals surface area contributed by atoms with Crippen LogP contribution in [0.5, 0.6) is 5.75 Å². The molecule has 126 valence electrons. The van der Waals surface area contributed by atoms with Crippen LogP contribution in [0.25, 0.3) is 0 Å². The summed E-state index contributed by atoms with van der Waals surface area (Å²) in [5, 5.41) is 10.9. The van der Waals surface area contributed by atoms with Gasteiger partial charge in [0.1, 0.15) is 18.5 Å². The van der Waals surface area contributed by atoms with Gasteiger partial charge >= 0.3 is 0 Å². The van der Waals surface area contributed by atoms with E-state index in [1.807, 2.05) is 25.1 Å². The van der Waals surface area contributed by atoms with Crippen molar-refractivity contribution in [2.75, 3.05) is 26.2 Å². The van der Waals surface area contributed by atoms with Gasteiger partial charge in [-0.25, -0.2) is 0 Å². The molecule has 1 N–H and O–H groups in total. The predicted molar refractivity (Wildman–Crippen MR) is 94.3 cm³/mol. The molecule has 1 saturated heterocycles. The van der Waals surface area contributed by atoms with E-state index in [-0.39, 0.29) is 12.4 Å². The summed E-state index contributed by atoms with van der Waals surface area (Å²) in [6.07, 6.45) is 0.825. The molecule has 0 saturated carbocycles. The minimum absolute atomic E-state index is 0. The van der Waals surface area contributed by atoms with E-state index in [4.69, 9.17) is 16.3 Å². The van der Waals surface area contributed by atoms with Gasteiger partial charge in [0.05, 0.1) is 0 Å². The monoisotopic (exact) mass is 347 g/mol. The average Bonchev–Trinajstić information content (AvgIpc) is 2.39. The number of aliphatic hydroxyl groups excluding tert-OH is 1. The first kappa shape index (κ1) is 19.6. The second-order valence-electron chi connectivity index (χ2n) is 6.54. The number of aliphatic hydroxyl groups is 1. The van der Waals surface area contributed by atoms with Crippen molar-refractivity contribution in [2.24, 2.45) is 11.8 Å². The van der Waals surface area contributed by atoms with Crippen molar-refractivity contribution >= 4 is 24.0 Å². The van der Waals surface area contributed by atoms with E-state index in [0.717, 1.165) is 29.4 Å². The maximum absolute atomic E-state index is 10.2. The molecule has 0 radical (unpaired) electrons. The van der Waals surface area contributed by atoms with E-state index in [9.17, 15) is 5.11 Å². The number of ether oxygens (including phenoxy) is 1. The van der Waals surface area contributed by atoms with Gasteiger partial charge in [-0.2, -0.15) is 0 Å². The maximum Gasteiger partial charge on any atom is 0.119 e. The Bertz CT molecular complexity index is 460. The maximum atomic E-state index is 10.2. The first-order valence-electron chi connectivity index (χ1n) is 7.73. The summed E-state index contributed by atoms with van der Waals surface area (Å²) in [4.78, 5) is 2.35. The fourth-order valence-corrected chi connectivity index (χ4v) is 3.31. The highest BCUT2D eigenvalue weighted by Gasteiger charge is 2.23. The lowest BCUT2D eigenvalue weighted by atomic mass is 9.92. The van der Waals surface area contributed by atoms with Gasteiger partial charge in [-0.05, 0) is 48.9 Å². The second-order valence-corrected chi connectivity index (χ2v) is 6.95. The molecule has 1 aliphatic heterocycles. The van der Waals surface area contributed by atoms with Crippen molar-refractivity contribution in [1.82, 2.24) is 4.90 Å². The van der Waals surface area contributed by atoms with Crippen LogP contribution in [-0.2, 0) is 0 Å². The summed E-state index contributed by atoms with van der Waals surface area (Å²) >= 11 is 5.99. The molecule has 1 aromatic carbocycles. The fourth-order valence-electron chi connectivity index (χ4n) is 3.19. The molecule has 0 aliphatic carbocycles. The summed E-state index contributed by atoms with van der Waals surface area (Å²) in [7, 11) is 0. The SMILES string of the molecule is Cc1cc(OCC(O)CN2CC(C)CC(C)C2)ccc1Cl.Cl. The number of halogens is 2. The van der Waals surface area contributed by atoms with Crippen molar-refractivity contribution in [3.05, 3.63) is 28.8 Å². The zero-order chi connectivity index (χ0) is 15.4. The quantitative estimate of drug-likeness (QED) is 0.879. The van der Waals surface area contributed by atoms with Gasteiger partial charge in [-0.1, -0.05) is 25.4 Å². The number of aryl methyl sites for hydroxylation is 1. The van der Waals surface area contributed by atoms with E-state index in [2.05, 4.69) is 18.7 Å². The smallest absolute Gasteiger partial charge is 0.119 e. The van der Waals surface area contributed by atoms with Gasteiger partial charge in [0.2, 0.25) is 0 Å². The highest BCUT2D eigenvalue weighted by Crippen LogP contribution is 2.22. The minimum atomic E-state index is -0.460. The Kier molecular flexibility index (Phi) is 7.98. The lowest BCUT2D eigenvalue weighted by Gasteiger charge is -2.35. The molecule has 0 bridgehead atoms. The molecular weight excluding hydrogens is 321 g/mol. The molecule has 0 spiro atoms. The molecule has 1 heterocycles. The highest BCUT2D eigenvalue weighted by molar-refractivity contribution is 6.31. The largest absolute Gasteiger partial charge is 0.491 e. The van der Waals surface area contributed by atoms with Gasteiger partial charge in [0.25, 0.3) is 0 Å². The molecule has 22 heavy (non-hydrogen) atoms. The third kappa shape index (κ3) is 5.96. The van der Waals surface area contributed by atoms with Crippen LogP contribution in [0.1, 0.15) is 25.8 Å². The summed E-state index contributed by atoms with van der Waals surface area (Å²) in [6, 6.07) is 5.57. The zero-order valence-corrected chi connectivity index (χ0v) is 15.2. The summed E-state index contributed by atoms with van der Waals surface area (Å²) < 4.78 is 5.66. The molecule has 3 unspecified atom stereocenters. The van der Waals surface area contributed by atoms with Crippen molar-refractivity contribution in [2.45, 2.75) is 33.3 Å². The van der Waals surface area contributed by atoms with E-state index in [0.29, 0.717) is 25.0 Å². The van der Waals surface area contributed by atoms with E-state index >= 15 is 0 Å². The summed E-state index contributed by atoms with van der Waals surface area (Å²) in [5.41, 5.74) is 0.988. The van der Waals surface area contributed by atoms with Gasteiger partial charge < -0.3 is 14.7 Å². The number of nitrogens with zero attached hydrogens (tertiary/aromatic N) is 1. The number of likely N-dealkylation sites (tertiary alicyclic amines) is 1. The molecular formula is C17H27Cl2NO2. The van der Waals surface area contributed by atoms with Crippen molar-refractivity contribution in [1.29, 1.82) is 0 Å². The Morgan fingerprint density at radius 1 is 1.32 bits per heavy atom. The van der Waals surface area contributed by atoms with Crippen LogP contribution >= 0.6 is 24.0 Å². The van der Waals surface area contributed by atoms with Crippen LogP contribution in [0, 0.1) is 18.8 Å². The number of piperidine rings is 1. The van der Waals surface area contributed by atoms with Gasteiger partial charge in [0.15, 0.2) is 0 Å². The third-order valence-electron chi connectivity index (χ3n) is 3.99. The zero-order valence-electron chi connectivity index (χ0n) is 13.6. The van der Waals surface area contributed by atoms with E-state index in [1.165, 1.54) is 6.42 Å². The number of hydrogen-bond donors (Lipinski definition) is 1. The second kappa shape index (κ2) is 8.97. The van der Waals surface area contributed by atoms with Crippen LogP contribution in [0.2, 0.25) is 5.02 Å². The standard InChI is InChI=1S/C17H26ClNO2.ClH/c1-12-6-13(2)9-19(8-12)10-15(20)11-21-16-4-5-17(18)14(3)7-16;/h4-5,7,12-13,15,20H,6,8-11H2,1-3H3;1H. The molecule has 2 rings (SSSR count). The Labute approximate surface area is 145 Å². The molecule has 3 atom stereocenters. The average molecular weight is 348 g/mol. The first-order valence-corrected chi connectivity index (χ1v) is 8.11. The van der Waals surface area contributed by atoms with Crippen LogP contribution in [0.15, 0.2) is 18.2 Å². The lowest BCUT2D eigenvalue weighted by molar-refractivity contribution is 0.0429. The van der Waals surface area contributed by atoms with Crippen molar-refractivity contribution in [3.8, 4) is 5.75 Å². The van der Waals surface area contributed by atoms with Crippen LogP contribution < -0.4 is 4.74 Å². The molecule has 0 amide bonds. The molecule has 3 nitrogen and oxygen atoms in total. The Morgan fingerprint density at radius 3 is 2.55 bits per heavy atom. The topological polar surface area (TPSA) is 32.7 Å². The minimum Gasteiger partial charge on any atom is -0.491 e. The van der Waals surface area contributed by atoms with Crippen LogP contribution in [0.4, 0.5) is 0 Å². The number of hydrogen-bond acceptors (Lipinski definition) is 3. The molecule has 5 heteroatoms.